The highest BCUT2D eigenvalue weighted by molar-refractivity contribution is 6.42. The normalized spacial score (nSPS) is 21.6. The van der Waals surface area contributed by atoms with E-state index in [0.717, 1.165) is 18.7 Å². The third-order valence-electron chi connectivity index (χ3n) is 5.78. The van der Waals surface area contributed by atoms with Crippen molar-refractivity contribution >= 4 is 35.2 Å². The molecule has 8 heteroatoms. The van der Waals surface area contributed by atoms with E-state index in [1.165, 1.54) is 20.0 Å². The Bertz CT molecular complexity index is 725. The maximum atomic E-state index is 13.1. The maximum Gasteiger partial charge on any atom is 0.409 e. The zero-order valence-electron chi connectivity index (χ0n) is 16.4. The minimum absolute atomic E-state index is 0.0407. The molecular formula is C20H27Cl2N3O3. The van der Waals surface area contributed by atoms with Gasteiger partial charge in [-0.2, -0.15) is 0 Å². The van der Waals surface area contributed by atoms with Crippen molar-refractivity contribution in [3.63, 3.8) is 0 Å². The number of carbonyl (C=O) groups is 2. The van der Waals surface area contributed by atoms with E-state index in [2.05, 4.69) is 11.8 Å². The predicted octanol–water partition coefficient (Wildman–Crippen LogP) is 3.30. The molecule has 28 heavy (non-hydrogen) atoms. The van der Waals surface area contributed by atoms with E-state index in [1.54, 1.807) is 17.0 Å². The van der Waals surface area contributed by atoms with Gasteiger partial charge >= 0.3 is 6.09 Å². The molecule has 2 fully saturated rings. The van der Waals surface area contributed by atoms with Crippen LogP contribution >= 0.6 is 23.2 Å². The van der Waals surface area contributed by atoms with Gasteiger partial charge in [0.2, 0.25) is 5.91 Å². The molecule has 0 radical (unpaired) electrons. The first-order valence-electron chi connectivity index (χ1n) is 9.71. The van der Waals surface area contributed by atoms with Crippen LogP contribution in [0.15, 0.2) is 18.2 Å². The van der Waals surface area contributed by atoms with Gasteiger partial charge in [-0.15, -0.1) is 0 Å². The molecule has 0 aromatic heterocycles. The average Bonchev–Trinajstić information content (AvgIpc) is 3.24. The zero-order chi connectivity index (χ0) is 20.3. The number of benzene rings is 1. The second kappa shape index (κ2) is 9.33. The van der Waals surface area contributed by atoms with Gasteiger partial charge in [-0.25, -0.2) is 4.79 Å². The highest BCUT2D eigenvalue weighted by Crippen LogP contribution is 2.25. The molecule has 2 heterocycles. The topological polar surface area (TPSA) is 53.1 Å². The summed E-state index contributed by atoms with van der Waals surface area (Å²) in [6.07, 6.45) is 2.28. The van der Waals surface area contributed by atoms with E-state index in [-0.39, 0.29) is 30.5 Å². The molecule has 2 saturated heterocycles. The lowest BCUT2D eigenvalue weighted by Crippen LogP contribution is -2.62. The standard InChI is InChI=1S/C20H27Cl2N3O3/c1-14(23-7-3-4-8-23)18-13-24(20(27)28-2)9-10-25(18)19(26)12-15-5-6-16(21)17(22)11-15/h5-6,11,14,18H,3-4,7-10,12-13H2,1-2H3/t14-,18?/m0/s1. The highest BCUT2D eigenvalue weighted by Gasteiger charge is 2.38. The summed E-state index contributed by atoms with van der Waals surface area (Å²) in [6.45, 7) is 5.67. The van der Waals surface area contributed by atoms with Gasteiger partial charge < -0.3 is 14.5 Å². The van der Waals surface area contributed by atoms with Gasteiger partial charge in [-0.05, 0) is 50.6 Å². The van der Waals surface area contributed by atoms with Gasteiger partial charge in [0.05, 0.1) is 29.6 Å². The van der Waals surface area contributed by atoms with Gasteiger partial charge in [0.1, 0.15) is 0 Å². The number of hydrogen-bond donors (Lipinski definition) is 0. The van der Waals surface area contributed by atoms with Gasteiger partial charge in [0.25, 0.3) is 0 Å². The quantitative estimate of drug-likeness (QED) is 0.739. The molecule has 154 valence electrons. The number of carbonyl (C=O) groups excluding carboxylic acids is 2. The number of likely N-dealkylation sites (tertiary alicyclic amines) is 1. The van der Waals surface area contributed by atoms with Crippen molar-refractivity contribution in [2.75, 3.05) is 39.8 Å². The lowest BCUT2D eigenvalue weighted by atomic mass is 10.0. The molecule has 1 aromatic rings. The molecule has 0 bridgehead atoms. The van der Waals surface area contributed by atoms with Gasteiger partial charge in [-0.1, -0.05) is 29.3 Å². The molecule has 1 aromatic carbocycles. The van der Waals surface area contributed by atoms with Crippen molar-refractivity contribution in [2.24, 2.45) is 0 Å². The zero-order valence-corrected chi connectivity index (χ0v) is 17.9. The molecule has 0 spiro atoms. The Morgan fingerprint density at radius 1 is 1.14 bits per heavy atom. The lowest BCUT2D eigenvalue weighted by molar-refractivity contribution is -0.137. The van der Waals surface area contributed by atoms with Gasteiger partial charge in [0.15, 0.2) is 0 Å². The fourth-order valence-electron chi connectivity index (χ4n) is 4.15. The Kier molecular flexibility index (Phi) is 7.07. The minimum Gasteiger partial charge on any atom is -0.453 e. The first-order valence-corrected chi connectivity index (χ1v) is 10.5. The Labute approximate surface area is 176 Å². The summed E-state index contributed by atoms with van der Waals surface area (Å²) in [5, 5.41) is 0.926. The molecule has 1 unspecified atom stereocenters. The third-order valence-corrected chi connectivity index (χ3v) is 6.52. The Morgan fingerprint density at radius 3 is 2.50 bits per heavy atom. The molecule has 6 nitrogen and oxygen atoms in total. The second-order valence-electron chi connectivity index (χ2n) is 7.48. The number of hydrogen-bond acceptors (Lipinski definition) is 4. The first kappa shape index (κ1) is 21.2. The number of methoxy groups -OCH3 is 1. The van der Waals surface area contributed by atoms with Crippen LogP contribution in [0.4, 0.5) is 4.79 Å². The van der Waals surface area contributed by atoms with E-state index >= 15 is 0 Å². The molecule has 2 amide bonds. The van der Waals surface area contributed by atoms with Crippen molar-refractivity contribution in [3.8, 4) is 0 Å². The van der Waals surface area contributed by atoms with Gasteiger partial charge in [-0.3, -0.25) is 9.69 Å². The molecular weight excluding hydrogens is 401 g/mol. The first-order chi connectivity index (χ1) is 13.4. The Morgan fingerprint density at radius 2 is 1.86 bits per heavy atom. The minimum atomic E-state index is -0.338. The SMILES string of the molecule is COC(=O)N1CCN(C(=O)Cc2ccc(Cl)c(Cl)c2)C([C@H](C)N2CCCC2)C1. The van der Waals surface area contributed by atoms with Crippen LogP contribution in [-0.2, 0) is 16.0 Å². The van der Waals surface area contributed by atoms with Crippen LogP contribution in [0.3, 0.4) is 0 Å². The summed E-state index contributed by atoms with van der Waals surface area (Å²) < 4.78 is 4.90. The molecule has 3 rings (SSSR count). The van der Waals surface area contributed by atoms with Crippen molar-refractivity contribution in [1.29, 1.82) is 0 Å². The Hall–Kier alpha value is -1.50. The largest absolute Gasteiger partial charge is 0.453 e. The molecule has 0 aliphatic carbocycles. The highest BCUT2D eigenvalue weighted by atomic mass is 35.5. The number of ether oxygens (including phenoxy) is 1. The smallest absolute Gasteiger partial charge is 0.409 e. The summed E-state index contributed by atoms with van der Waals surface area (Å²) in [5.41, 5.74) is 0.836. The van der Waals surface area contributed by atoms with Crippen LogP contribution in [0, 0.1) is 0 Å². The fraction of sp³-hybridized carbons (Fsp3) is 0.600. The van der Waals surface area contributed by atoms with Crippen molar-refractivity contribution in [1.82, 2.24) is 14.7 Å². The van der Waals surface area contributed by atoms with Crippen LogP contribution in [0.1, 0.15) is 25.3 Å². The van der Waals surface area contributed by atoms with Crippen molar-refractivity contribution in [3.05, 3.63) is 33.8 Å². The molecule has 2 aliphatic rings. The Balaban J connectivity index is 1.76. The van der Waals surface area contributed by atoms with Crippen molar-refractivity contribution < 1.29 is 14.3 Å². The summed E-state index contributed by atoms with van der Waals surface area (Å²) in [7, 11) is 1.39. The summed E-state index contributed by atoms with van der Waals surface area (Å²) in [6, 6.07) is 5.39. The number of halogens is 2. The monoisotopic (exact) mass is 427 g/mol. The van der Waals surface area contributed by atoms with E-state index < -0.39 is 0 Å². The fourth-order valence-corrected chi connectivity index (χ4v) is 4.47. The second-order valence-corrected chi connectivity index (χ2v) is 8.29. The summed E-state index contributed by atoms with van der Waals surface area (Å²) >= 11 is 12.1. The summed E-state index contributed by atoms with van der Waals surface area (Å²) in [4.78, 5) is 31.2. The molecule has 2 aliphatic heterocycles. The molecule has 2 atom stereocenters. The van der Waals surface area contributed by atoms with E-state index in [4.69, 9.17) is 27.9 Å². The number of amides is 2. The number of rotatable bonds is 4. The molecule has 0 saturated carbocycles. The van der Waals surface area contributed by atoms with E-state index in [0.29, 0.717) is 29.7 Å². The predicted molar refractivity (Wildman–Crippen MR) is 110 cm³/mol. The number of piperazine rings is 1. The van der Waals surface area contributed by atoms with Gasteiger partial charge in [0, 0.05) is 25.7 Å². The van der Waals surface area contributed by atoms with Crippen LogP contribution in [0.2, 0.25) is 10.0 Å². The number of nitrogens with zero attached hydrogens (tertiary/aromatic N) is 3. The van der Waals surface area contributed by atoms with Crippen molar-refractivity contribution in [2.45, 2.75) is 38.3 Å². The summed E-state index contributed by atoms with van der Waals surface area (Å²) in [5.74, 6) is 0.0407. The van der Waals surface area contributed by atoms with E-state index in [9.17, 15) is 9.59 Å². The van der Waals surface area contributed by atoms with Crippen LogP contribution in [-0.4, -0.2) is 78.6 Å². The maximum absolute atomic E-state index is 13.1. The van der Waals surface area contributed by atoms with Crippen LogP contribution < -0.4 is 0 Å². The lowest BCUT2D eigenvalue weighted by Gasteiger charge is -2.45. The third kappa shape index (κ3) is 4.73. The van der Waals surface area contributed by atoms with E-state index in [1.807, 2.05) is 11.0 Å². The van der Waals surface area contributed by atoms with Crippen LogP contribution in [0.25, 0.3) is 0 Å². The average molecular weight is 428 g/mol. The molecule has 0 N–H and O–H groups in total. The van der Waals surface area contributed by atoms with Crippen LogP contribution in [0.5, 0.6) is 0 Å².